The minimum Gasteiger partial charge on any atom is -0.467 e. The van der Waals surface area contributed by atoms with Gasteiger partial charge in [0.25, 0.3) is 0 Å². The molecule has 0 aliphatic rings. The molecular formula is C31H27NO4. The van der Waals surface area contributed by atoms with Gasteiger partial charge in [-0.15, -0.1) is 0 Å². The SMILES string of the molecule is COC(=O)[C@@H](Cc1ccc(C(=O)c2ccccc2)cc1)NC(=O)C(c1ccccc1)c1ccccc1. The summed E-state index contributed by atoms with van der Waals surface area (Å²) in [6.07, 6.45) is 0.231. The van der Waals surface area contributed by atoms with Crippen LogP contribution >= 0.6 is 0 Å². The number of ketones is 1. The summed E-state index contributed by atoms with van der Waals surface area (Å²) in [6.45, 7) is 0. The lowest BCUT2D eigenvalue weighted by Gasteiger charge is -2.22. The van der Waals surface area contributed by atoms with Crippen molar-refractivity contribution in [1.82, 2.24) is 5.32 Å². The fraction of sp³-hybridized carbons (Fsp3) is 0.129. The van der Waals surface area contributed by atoms with E-state index in [0.717, 1.165) is 16.7 Å². The van der Waals surface area contributed by atoms with Crippen molar-refractivity contribution in [2.45, 2.75) is 18.4 Å². The summed E-state index contributed by atoms with van der Waals surface area (Å²) in [4.78, 5) is 38.8. The molecule has 0 spiro atoms. The van der Waals surface area contributed by atoms with Crippen molar-refractivity contribution in [3.05, 3.63) is 143 Å². The van der Waals surface area contributed by atoms with Gasteiger partial charge in [-0.1, -0.05) is 115 Å². The highest BCUT2D eigenvalue weighted by atomic mass is 16.5. The molecule has 1 amide bonds. The summed E-state index contributed by atoms with van der Waals surface area (Å²) in [5.74, 6) is -1.48. The third-order valence-electron chi connectivity index (χ3n) is 6.02. The normalized spacial score (nSPS) is 11.5. The van der Waals surface area contributed by atoms with E-state index >= 15 is 0 Å². The highest BCUT2D eigenvalue weighted by molar-refractivity contribution is 6.08. The Hall–Kier alpha value is -4.51. The quantitative estimate of drug-likeness (QED) is 0.274. The third-order valence-corrected chi connectivity index (χ3v) is 6.02. The zero-order valence-corrected chi connectivity index (χ0v) is 20.0. The van der Waals surface area contributed by atoms with Gasteiger partial charge < -0.3 is 10.1 Å². The first kappa shape index (κ1) is 24.6. The minimum absolute atomic E-state index is 0.0754. The number of hydrogen-bond donors (Lipinski definition) is 1. The molecule has 0 heterocycles. The summed E-state index contributed by atoms with van der Waals surface area (Å²) < 4.78 is 4.99. The first-order valence-electron chi connectivity index (χ1n) is 11.7. The lowest BCUT2D eigenvalue weighted by atomic mass is 9.90. The van der Waals surface area contributed by atoms with Crippen LogP contribution in [0.15, 0.2) is 115 Å². The van der Waals surface area contributed by atoms with Crippen molar-refractivity contribution in [3.8, 4) is 0 Å². The molecule has 36 heavy (non-hydrogen) atoms. The monoisotopic (exact) mass is 477 g/mol. The molecule has 0 radical (unpaired) electrons. The van der Waals surface area contributed by atoms with Crippen LogP contribution in [-0.2, 0) is 20.7 Å². The van der Waals surface area contributed by atoms with Crippen LogP contribution in [-0.4, -0.2) is 30.8 Å². The van der Waals surface area contributed by atoms with Crippen molar-refractivity contribution >= 4 is 17.7 Å². The van der Waals surface area contributed by atoms with Crippen molar-refractivity contribution < 1.29 is 19.1 Å². The Kier molecular flexibility index (Phi) is 8.04. The average Bonchev–Trinajstić information content (AvgIpc) is 2.94. The molecule has 4 rings (SSSR count). The maximum absolute atomic E-state index is 13.5. The predicted molar refractivity (Wildman–Crippen MR) is 139 cm³/mol. The highest BCUT2D eigenvalue weighted by Gasteiger charge is 2.28. The zero-order chi connectivity index (χ0) is 25.3. The second kappa shape index (κ2) is 11.8. The first-order chi connectivity index (χ1) is 17.6. The highest BCUT2D eigenvalue weighted by Crippen LogP contribution is 2.25. The van der Waals surface area contributed by atoms with E-state index in [2.05, 4.69) is 5.32 Å². The molecule has 0 saturated heterocycles. The van der Waals surface area contributed by atoms with E-state index in [1.807, 2.05) is 78.9 Å². The number of ether oxygens (including phenoxy) is 1. The molecule has 0 unspecified atom stereocenters. The average molecular weight is 478 g/mol. The van der Waals surface area contributed by atoms with Crippen LogP contribution < -0.4 is 5.32 Å². The number of benzene rings is 4. The molecule has 0 aliphatic carbocycles. The number of carbonyl (C=O) groups excluding carboxylic acids is 3. The van der Waals surface area contributed by atoms with Gasteiger partial charge in [0.05, 0.1) is 13.0 Å². The van der Waals surface area contributed by atoms with Crippen LogP contribution in [0, 0.1) is 0 Å². The second-order valence-electron chi connectivity index (χ2n) is 8.43. The fourth-order valence-corrected chi connectivity index (χ4v) is 4.16. The Morgan fingerprint density at radius 2 is 1.14 bits per heavy atom. The third kappa shape index (κ3) is 5.94. The summed E-state index contributed by atoms with van der Waals surface area (Å²) in [5.41, 5.74) is 3.61. The molecule has 180 valence electrons. The van der Waals surface area contributed by atoms with E-state index < -0.39 is 17.9 Å². The predicted octanol–water partition coefficient (Wildman–Crippen LogP) is 4.95. The molecular weight excluding hydrogens is 450 g/mol. The standard InChI is InChI=1S/C31H27NO4/c1-36-31(35)27(21-22-17-19-26(20-18-22)29(33)25-15-9-4-10-16-25)32-30(34)28(23-11-5-2-6-12-23)24-13-7-3-8-14-24/h2-20,27-28H,21H2,1H3,(H,32,34)/t27-/m1/s1. The summed E-state index contributed by atoms with van der Waals surface area (Å²) >= 11 is 0. The number of carbonyl (C=O) groups is 3. The Morgan fingerprint density at radius 3 is 1.64 bits per heavy atom. The Balaban J connectivity index is 1.53. The molecule has 0 aromatic heterocycles. The van der Waals surface area contributed by atoms with Crippen LogP contribution in [0.5, 0.6) is 0 Å². The van der Waals surface area contributed by atoms with Gasteiger partial charge in [0, 0.05) is 17.5 Å². The molecule has 5 heteroatoms. The van der Waals surface area contributed by atoms with Gasteiger partial charge in [-0.05, 0) is 16.7 Å². The van der Waals surface area contributed by atoms with Gasteiger partial charge in [0.1, 0.15) is 6.04 Å². The zero-order valence-electron chi connectivity index (χ0n) is 20.0. The van der Waals surface area contributed by atoms with Gasteiger partial charge in [-0.2, -0.15) is 0 Å². The second-order valence-corrected chi connectivity index (χ2v) is 8.43. The van der Waals surface area contributed by atoms with Crippen molar-refractivity contribution in [2.75, 3.05) is 7.11 Å². The summed E-state index contributed by atoms with van der Waals surface area (Å²) in [5, 5.41) is 2.90. The summed E-state index contributed by atoms with van der Waals surface area (Å²) in [6, 6.07) is 34.1. The molecule has 0 aliphatic heterocycles. The van der Waals surface area contributed by atoms with Gasteiger partial charge in [-0.25, -0.2) is 4.79 Å². The Bertz CT molecular complexity index is 1260. The molecule has 1 atom stereocenters. The maximum Gasteiger partial charge on any atom is 0.328 e. The van der Waals surface area contributed by atoms with Crippen molar-refractivity contribution in [2.24, 2.45) is 0 Å². The topological polar surface area (TPSA) is 72.5 Å². The molecule has 0 fully saturated rings. The molecule has 0 saturated carbocycles. The molecule has 4 aromatic rings. The van der Waals surface area contributed by atoms with E-state index in [1.165, 1.54) is 7.11 Å². The van der Waals surface area contributed by atoms with E-state index in [9.17, 15) is 14.4 Å². The summed E-state index contributed by atoms with van der Waals surface area (Å²) in [7, 11) is 1.30. The number of esters is 1. The van der Waals surface area contributed by atoms with Crippen LogP contribution in [0.3, 0.4) is 0 Å². The van der Waals surface area contributed by atoms with Crippen LogP contribution in [0.1, 0.15) is 38.5 Å². The van der Waals surface area contributed by atoms with Gasteiger partial charge in [0.15, 0.2) is 5.78 Å². The largest absolute Gasteiger partial charge is 0.467 e. The van der Waals surface area contributed by atoms with E-state index in [4.69, 9.17) is 4.74 Å². The van der Waals surface area contributed by atoms with Crippen LogP contribution in [0.4, 0.5) is 0 Å². The number of methoxy groups -OCH3 is 1. The van der Waals surface area contributed by atoms with Gasteiger partial charge in [0.2, 0.25) is 5.91 Å². The molecule has 1 N–H and O–H groups in total. The van der Waals surface area contributed by atoms with Gasteiger partial charge in [-0.3, -0.25) is 9.59 Å². The maximum atomic E-state index is 13.5. The number of nitrogens with one attached hydrogen (secondary N) is 1. The van der Waals surface area contributed by atoms with Crippen molar-refractivity contribution in [3.63, 3.8) is 0 Å². The number of amides is 1. The van der Waals surface area contributed by atoms with E-state index in [1.54, 1.807) is 36.4 Å². The van der Waals surface area contributed by atoms with E-state index in [-0.39, 0.29) is 18.1 Å². The van der Waals surface area contributed by atoms with Gasteiger partial charge >= 0.3 is 5.97 Å². The lowest BCUT2D eigenvalue weighted by molar-refractivity contribution is -0.145. The van der Waals surface area contributed by atoms with Crippen molar-refractivity contribution in [1.29, 1.82) is 0 Å². The molecule has 4 aromatic carbocycles. The van der Waals surface area contributed by atoms with Crippen LogP contribution in [0.25, 0.3) is 0 Å². The van der Waals surface area contributed by atoms with E-state index in [0.29, 0.717) is 11.1 Å². The fourth-order valence-electron chi connectivity index (χ4n) is 4.16. The first-order valence-corrected chi connectivity index (χ1v) is 11.7. The lowest BCUT2D eigenvalue weighted by Crippen LogP contribution is -2.45. The minimum atomic E-state index is -0.881. The smallest absolute Gasteiger partial charge is 0.328 e. The number of hydrogen-bond acceptors (Lipinski definition) is 4. The molecule has 0 bridgehead atoms. The Labute approximate surface area is 210 Å². The molecule has 5 nitrogen and oxygen atoms in total. The van der Waals surface area contributed by atoms with Crippen LogP contribution in [0.2, 0.25) is 0 Å². The Morgan fingerprint density at radius 1 is 0.667 bits per heavy atom. The number of rotatable bonds is 9.